The van der Waals surface area contributed by atoms with E-state index in [0.29, 0.717) is 5.92 Å². The van der Waals surface area contributed by atoms with Crippen LogP contribution < -0.4 is 10.6 Å². The van der Waals surface area contributed by atoms with Crippen molar-refractivity contribution in [3.63, 3.8) is 0 Å². The third kappa shape index (κ3) is 1.71. The minimum absolute atomic E-state index is 0.540. The molecule has 1 atom stereocenters. The van der Waals surface area contributed by atoms with E-state index in [9.17, 15) is 4.79 Å². The molecule has 0 bridgehead atoms. The van der Waals surface area contributed by atoms with Crippen molar-refractivity contribution in [2.75, 3.05) is 18.4 Å². The molecule has 2 N–H and O–H groups in total. The van der Waals surface area contributed by atoms with Crippen molar-refractivity contribution in [2.45, 2.75) is 12.3 Å². The van der Waals surface area contributed by atoms with Gasteiger partial charge in [-0.3, -0.25) is 4.79 Å². The molecule has 2 rings (SSSR count). The average molecular weight is 190 g/mol. The molecule has 1 aliphatic rings. The molecule has 0 radical (unpaired) electrons. The molecule has 3 heteroatoms. The van der Waals surface area contributed by atoms with E-state index in [1.54, 1.807) is 0 Å². The van der Waals surface area contributed by atoms with Gasteiger partial charge in [0, 0.05) is 24.7 Å². The summed E-state index contributed by atoms with van der Waals surface area (Å²) in [5.41, 5.74) is 2.61. The van der Waals surface area contributed by atoms with Gasteiger partial charge in [-0.15, -0.1) is 0 Å². The van der Waals surface area contributed by atoms with Gasteiger partial charge in [0.1, 0.15) is 0 Å². The zero-order valence-electron chi connectivity index (χ0n) is 7.99. The number of nitrogens with one attached hydrogen (secondary N) is 2. The van der Waals surface area contributed by atoms with E-state index in [4.69, 9.17) is 0 Å². The molecular formula is C11H14N2O. The largest absolute Gasteiger partial charge is 0.384 e. The van der Waals surface area contributed by atoms with Crippen LogP contribution >= 0.6 is 0 Å². The maximum Gasteiger partial charge on any atom is 0.207 e. The van der Waals surface area contributed by atoms with Gasteiger partial charge >= 0.3 is 0 Å². The number of hydrogen-bond acceptors (Lipinski definition) is 2. The normalized spacial score (nSPS) is 18.4. The number of benzene rings is 1. The first kappa shape index (κ1) is 9.06. The first-order chi connectivity index (χ1) is 6.92. The first-order valence-electron chi connectivity index (χ1n) is 4.91. The number of amides is 1. The minimum atomic E-state index is 0.540. The maximum absolute atomic E-state index is 10.1. The molecule has 1 heterocycles. The SMILES string of the molecule is O=CNCCC1CNc2ccccc21. The van der Waals surface area contributed by atoms with Crippen molar-refractivity contribution in [3.05, 3.63) is 29.8 Å². The summed E-state index contributed by atoms with van der Waals surface area (Å²) >= 11 is 0. The van der Waals surface area contributed by atoms with Crippen LogP contribution in [0.1, 0.15) is 17.9 Å². The lowest BCUT2D eigenvalue weighted by atomic mass is 9.98. The molecule has 1 aliphatic heterocycles. The van der Waals surface area contributed by atoms with Crippen LogP contribution in [0.25, 0.3) is 0 Å². The molecule has 1 aromatic carbocycles. The Kier molecular flexibility index (Phi) is 2.68. The van der Waals surface area contributed by atoms with Crippen molar-refractivity contribution in [1.82, 2.24) is 5.32 Å². The highest BCUT2D eigenvalue weighted by Gasteiger charge is 2.20. The van der Waals surface area contributed by atoms with Gasteiger partial charge in [0.25, 0.3) is 0 Å². The van der Waals surface area contributed by atoms with Gasteiger partial charge in [0.15, 0.2) is 0 Å². The fourth-order valence-corrected chi connectivity index (χ4v) is 1.93. The van der Waals surface area contributed by atoms with E-state index in [2.05, 4.69) is 28.8 Å². The number of para-hydroxylation sites is 1. The van der Waals surface area contributed by atoms with Crippen molar-refractivity contribution < 1.29 is 4.79 Å². The van der Waals surface area contributed by atoms with Crippen LogP contribution in [-0.2, 0) is 4.79 Å². The standard InChI is InChI=1S/C11H14N2O/c14-8-12-6-5-9-7-13-11-4-2-1-3-10(9)11/h1-4,8-9,13H,5-7H2,(H,12,14). The third-order valence-electron chi connectivity index (χ3n) is 2.66. The average Bonchev–Trinajstić information content (AvgIpc) is 2.63. The molecule has 74 valence electrons. The van der Waals surface area contributed by atoms with Crippen LogP contribution in [0, 0.1) is 0 Å². The van der Waals surface area contributed by atoms with Crippen LogP contribution in [0.3, 0.4) is 0 Å². The lowest BCUT2D eigenvalue weighted by molar-refractivity contribution is -0.109. The first-order valence-corrected chi connectivity index (χ1v) is 4.91. The Morgan fingerprint density at radius 2 is 2.36 bits per heavy atom. The van der Waals surface area contributed by atoms with E-state index in [1.165, 1.54) is 11.3 Å². The highest BCUT2D eigenvalue weighted by atomic mass is 16.1. The Morgan fingerprint density at radius 3 is 3.21 bits per heavy atom. The van der Waals surface area contributed by atoms with Crippen LogP contribution in [0.15, 0.2) is 24.3 Å². The molecule has 0 aliphatic carbocycles. The summed E-state index contributed by atoms with van der Waals surface area (Å²) in [5.74, 6) is 0.540. The van der Waals surface area contributed by atoms with E-state index >= 15 is 0 Å². The van der Waals surface area contributed by atoms with Gasteiger partial charge in [0.05, 0.1) is 0 Å². The fraction of sp³-hybridized carbons (Fsp3) is 0.364. The Bertz CT molecular complexity index is 325. The molecule has 1 unspecified atom stereocenters. The molecule has 14 heavy (non-hydrogen) atoms. The molecule has 1 aromatic rings. The van der Waals surface area contributed by atoms with Gasteiger partial charge < -0.3 is 10.6 Å². The van der Waals surface area contributed by atoms with Crippen LogP contribution in [0.4, 0.5) is 5.69 Å². The number of fused-ring (bicyclic) bond motifs is 1. The molecule has 0 saturated carbocycles. The Hall–Kier alpha value is -1.51. The Morgan fingerprint density at radius 1 is 1.50 bits per heavy atom. The molecule has 0 spiro atoms. The second-order valence-electron chi connectivity index (χ2n) is 3.53. The van der Waals surface area contributed by atoms with Crippen molar-refractivity contribution in [2.24, 2.45) is 0 Å². The molecular weight excluding hydrogens is 176 g/mol. The van der Waals surface area contributed by atoms with Crippen molar-refractivity contribution in [3.8, 4) is 0 Å². The number of carbonyl (C=O) groups is 1. The highest BCUT2D eigenvalue weighted by Crippen LogP contribution is 2.32. The second-order valence-corrected chi connectivity index (χ2v) is 3.53. The summed E-state index contributed by atoms with van der Waals surface area (Å²) in [7, 11) is 0. The molecule has 0 fully saturated rings. The lowest BCUT2D eigenvalue weighted by Gasteiger charge is -2.08. The van der Waals surface area contributed by atoms with E-state index in [-0.39, 0.29) is 0 Å². The predicted molar refractivity (Wildman–Crippen MR) is 56.4 cm³/mol. The zero-order valence-corrected chi connectivity index (χ0v) is 7.99. The topological polar surface area (TPSA) is 41.1 Å². The Balaban J connectivity index is 1.99. The molecule has 3 nitrogen and oxygen atoms in total. The summed E-state index contributed by atoms with van der Waals surface area (Å²) < 4.78 is 0. The number of hydrogen-bond donors (Lipinski definition) is 2. The lowest BCUT2D eigenvalue weighted by Crippen LogP contribution is -2.16. The monoisotopic (exact) mass is 190 g/mol. The predicted octanol–water partition coefficient (Wildman–Crippen LogP) is 1.33. The molecule has 1 amide bonds. The van der Waals surface area contributed by atoms with Crippen LogP contribution in [0.2, 0.25) is 0 Å². The van der Waals surface area contributed by atoms with Gasteiger partial charge in [-0.2, -0.15) is 0 Å². The van der Waals surface area contributed by atoms with Crippen LogP contribution in [0.5, 0.6) is 0 Å². The quantitative estimate of drug-likeness (QED) is 0.555. The number of rotatable bonds is 4. The summed E-state index contributed by atoms with van der Waals surface area (Å²) in [4.78, 5) is 10.1. The summed E-state index contributed by atoms with van der Waals surface area (Å²) in [6, 6.07) is 8.35. The van der Waals surface area contributed by atoms with Gasteiger partial charge in [-0.05, 0) is 18.1 Å². The van der Waals surface area contributed by atoms with Gasteiger partial charge in [-0.1, -0.05) is 18.2 Å². The van der Waals surface area contributed by atoms with E-state index in [0.717, 1.165) is 25.9 Å². The minimum Gasteiger partial charge on any atom is -0.384 e. The summed E-state index contributed by atoms with van der Waals surface area (Å²) in [6.07, 6.45) is 1.76. The Labute approximate surface area is 83.5 Å². The fourth-order valence-electron chi connectivity index (χ4n) is 1.93. The molecule has 0 saturated heterocycles. The number of anilines is 1. The van der Waals surface area contributed by atoms with E-state index in [1.807, 2.05) is 6.07 Å². The molecule has 0 aromatic heterocycles. The highest BCUT2D eigenvalue weighted by molar-refractivity contribution is 5.57. The number of carbonyl (C=O) groups excluding carboxylic acids is 1. The summed E-state index contributed by atoms with van der Waals surface area (Å²) in [6.45, 7) is 1.74. The van der Waals surface area contributed by atoms with Crippen molar-refractivity contribution in [1.29, 1.82) is 0 Å². The zero-order chi connectivity index (χ0) is 9.80. The van der Waals surface area contributed by atoms with Gasteiger partial charge in [0.2, 0.25) is 6.41 Å². The maximum atomic E-state index is 10.1. The summed E-state index contributed by atoms with van der Waals surface area (Å²) in [5, 5.41) is 6.06. The van der Waals surface area contributed by atoms with Crippen molar-refractivity contribution >= 4 is 12.1 Å². The van der Waals surface area contributed by atoms with Crippen LogP contribution in [-0.4, -0.2) is 19.5 Å². The van der Waals surface area contributed by atoms with Gasteiger partial charge in [-0.25, -0.2) is 0 Å². The second kappa shape index (κ2) is 4.13. The van der Waals surface area contributed by atoms with E-state index < -0.39 is 0 Å². The third-order valence-corrected chi connectivity index (χ3v) is 2.66. The smallest absolute Gasteiger partial charge is 0.207 e.